The van der Waals surface area contributed by atoms with Crippen molar-refractivity contribution in [1.82, 2.24) is 20.4 Å². The van der Waals surface area contributed by atoms with E-state index in [1.165, 1.54) is 0 Å². The lowest BCUT2D eigenvalue weighted by Gasteiger charge is -2.11. The first kappa shape index (κ1) is 14.9. The molecule has 2 rings (SSSR count). The van der Waals surface area contributed by atoms with Gasteiger partial charge in [-0.1, -0.05) is 0 Å². The Balaban J connectivity index is 2.25. The van der Waals surface area contributed by atoms with E-state index in [9.17, 15) is 4.79 Å². The number of hydroxylamine groups is 1. The fourth-order valence-electron chi connectivity index (χ4n) is 1.78. The first-order valence-electron chi connectivity index (χ1n) is 6.56. The van der Waals surface area contributed by atoms with Gasteiger partial charge < -0.3 is 5.32 Å². The Morgan fingerprint density at radius 1 is 1.33 bits per heavy atom. The third kappa shape index (κ3) is 3.96. The Bertz CT molecular complexity index is 625. The SMILES string of the molecule is CCONC(=O)c1cccnc1Nc1cc(C)nc(C)n1. The molecule has 0 spiro atoms. The van der Waals surface area contributed by atoms with Gasteiger partial charge in [-0.3, -0.25) is 9.63 Å². The molecule has 0 aliphatic heterocycles. The maximum absolute atomic E-state index is 12.0. The van der Waals surface area contributed by atoms with Crippen LogP contribution in [0.4, 0.5) is 11.6 Å². The molecule has 1 amide bonds. The largest absolute Gasteiger partial charge is 0.324 e. The lowest BCUT2D eigenvalue weighted by molar-refractivity contribution is 0.0365. The number of aromatic nitrogens is 3. The summed E-state index contributed by atoms with van der Waals surface area (Å²) >= 11 is 0. The number of nitrogens with zero attached hydrogens (tertiary/aromatic N) is 3. The zero-order chi connectivity index (χ0) is 15.2. The predicted octanol–water partition coefficient (Wildman–Crippen LogP) is 1.91. The van der Waals surface area contributed by atoms with Gasteiger partial charge in [-0.25, -0.2) is 20.4 Å². The molecule has 0 saturated heterocycles. The second-order valence-corrected chi connectivity index (χ2v) is 4.33. The van der Waals surface area contributed by atoms with Crippen molar-refractivity contribution in [2.24, 2.45) is 0 Å². The Kier molecular flexibility index (Phi) is 4.78. The number of hydrogen-bond acceptors (Lipinski definition) is 6. The van der Waals surface area contributed by atoms with Gasteiger partial charge >= 0.3 is 0 Å². The second-order valence-electron chi connectivity index (χ2n) is 4.33. The molecule has 0 radical (unpaired) electrons. The Hall–Kier alpha value is -2.54. The van der Waals surface area contributed by atoms with Crippen molar-refractivity contribution in [3.8, 4) is 0 Å². The number of carbonyl (C=O) groups excluding carboxylic acids is 1. The zero-order valence-corrected chi connectivity index (χ0v) is 12.2. The van der Waals surface area contributed by atoms with Crippen molar-refractivity contribution < 1.29 is 9.63 Å². The van der Waals surface area contributed by atoms with Crippen molar-refractivity contribution in [1.29, 1.82) is 0 Å². The Morgan fingerprint density at radius 2 is 2.14 bits per heavy atom. The van der Waals surface area contributed by atoms with Gasteiger partial charge in [-0.2, -0.15) is 0 Å². The van der Waals surface area contributed by atoms with E-state index in [4.69, 9.17) is 4.84 Å². The van der Waals surface area contributed by atoms with Crippen molar-refractivity contribution >= 4 is 17.5 Å². The highest BCUT2D eigenvalue weighted by molar-refractivity contribution is 5.98. The number of rotatable bonds is 5. The molecule has 7 nitrogen and oxygen atoms in total. The van der Waals surface area contributed by atoms with Gasteiger partial charge in [-0.05, 0) is 32.9 Å². The van der Waals surface area contributed by atoms with E-state index in [1.807, 2.05) is 6.92 Å². The van der Waals surface area contributed by atoms with Gasteiger partial charge in [0.15, 0.2) is 0 Å². The van der Waals surface area contributed by atoms with Crippen molar-refractivity contribution in [3.05, 3.63) is 41.5 Å². The number of amides is 1. The summed E-state index contributed by atoms with van der Waals surface area (Å²) in [6.07, 6.45) is 1.60. The Morgan fingerprint density at radius 3 is 2.86 bits per heavy atom. The van der Waals surface area contributed by atoms with Crippen LogP contribution < -0.4 is 10.8 Å². The van der Waals surface area contributed by atoms with Crippen LogP contribution in [-0.4, -0.2) is 27.5 Å². The number of nitrogens with one attached hydrogen (secondary N) is 2. The van der Waals surface area contributed by atoms with Crippen LogP contribution >= 0.6 is 0 Å². The van der Waals surface area contributed by atoms with Crippen LogP contribution in [0.1, 0.15) is 28.8 Å². The quantitative estimate of drug-likeness (QED) is 0.817. The zero-order valence-electron chi connectivity index (χ0n) is 12.2. The van der Waals surface area contributed by atoms with Gasteiger partial charge in [0.05, 0.1) is 12.2 Å². The third-order valence-electron chi connectivity index (χ3n) is 2.57. The van der Waals surface area contributed by atoms with E-state index in [1.54, 1.807) is 38.2 Å². The van der Waals surface area contributed by atoms with E-state index in [-0.39, 0.29) is 5.91 Å². The van der Waals surface area contributed by atoms with E-state index >= 15 is 0 Å². The fourth-order valence-corrected chi connectivity index (χ4v) is 1.78. The summed E-state index contributed by atoms with van der Waals surface area (Å²) in [4.78, 5) is 29.6. The second kappa shape index (κ2) is 6.76. The molecular weight excluding hydrogens is 270 g/mol. The first-order valence-corrected chi connectivity index (χ1v) is 6.56. The number of anilines is 2. The van der Waals surface area contributed by atoms with Crippen molar-refractivity contribution in [3.63, 3.8) is 0 Å². The molecule has 2 N–H and O–H groups in total. The van der Waals surface area contributed by atoms with Crippen molar-refractivity contribution in [2.45, 2.75) is 20.8 Å². The molecule has 21 heavy (non-hydrogen) atoms. The maximum atomic E-state index is 12.0. The van der Waals surface area contributed by atoms with Crippen LogP contribution in [0.15, 0.2) is 24.4 Å². The van der Waals surface area contributed by atoms with E-state index in [2.05, 4.69) is 25.7 Å². The highest BCUT2D eigenvalue weighted by Crippen LogP contribution is 2.17. The van der Waals surface area contributed by atoms with Gasteiger partial charge in [0.1, 0.15) is 17.5 Å². The summed E-state index contributed by atoms with van der Waals surface area (Å²) in [5.41, 5.74) is 3.56. The van der Waals surface area contributed by atoms with Crippen LogP contribution in [0, 0.1) is 13.8 Å². The van der Waals surface area contributed by atoms with Crippen LogP contribution in [0.3, 0.4) is 0 Å². The standard InChI is InChI=1S/C14H17N5O2/c1-4-21-19-14(20)11-6-5-7-15-13(11)18-12-8-9(2)16-10(3)17-12/h5-8H,4H2,1-3H3,(H,19,20)(H,15,16,17,18). The molecule has 2 heterocycles. The minimum absolute atomic E-state index is 0.366. The van der Waals surface area contributed by atoms with E-state index in [0.717, 1.165) is 5.69 Å². The average Bonchev–Trinajstić information content (AvgIpc) is 2.44. The maximum Gasteiger partial charge on any atom is 0.278 e. The summed E-state index contributed by atoms with van der Waals surface area (Å²) in [6, 6.07) is 5.12. The van der Waals surface area contributed by atoms with E-state index < -0.39 is 0 Å². The van der Waals surface area contributed by atoms with Crippen LogP contribution in [0.2, 0.25) is 0 Å². The average molecular weight is 287 g/mol. The Labute approximate surface area is 122 Å². The van der Waals surface area contributed by atoms with E-state index in [0.29, 0.717) is 29.6 Å². The predicted molar refractivity (Wildman–Crippen MR) is 78.1 cm³/mol. The molecule has 0 aliphatic rings. The number of pyridine rings is 1. The molecular formula is C14H17N5O2. The lowest BCUT2D eigenvalue weighted by atomic mass is 10.2. The summed E-state index contributed by atoms with van der Waals surface area (Å²) < 4.78 is 0. The molecule has 0 atom stereocenters. The van der Waals surface area contributed by atoms with Crippen LogP contribution in [0.25, 0.3) is 0 Å². The van der Waals surface area contributed by atoms with Gasteiger partial charge in [-0.15, -0.1) is 0 Å². The summed E-state index contributed by atoms with van der Waals surface area (Å²) in [5.74, 6) is 1.28. The van der Waals surface area contributed by atoms with Gasteiger partial charge in [0.2, 0.25) is 0 Å². The minimum Gasteiger partial charge on any atom is -0.324 e. The summed E-state index contributed by atoms with van der Waals surface area (Å²) in [6.45, 7) is 5.86. The molecule has 2 aromatic rings. The molecule has 0 unspecified atom stereocenters. The molecule has 0 fully saturated rings. The summed E-state index contributed by atoms with van der Waals surface area (Å²) in [7, 11) is 0. The normalized spacial score (nSPS) is 10.2. The topological polar surface area (TPSA) is 89.0 Å². The molecule has 0 saturated carbocycles. The molecule has 110 valence electrons. The number of aryl methyl sites for hydroxylation is 2. The lowest BCUT2D eigenvalue weighted by Crippen LogP contribution is -2.24. The summed E-state index contributed by atoms with van der Waals surface area (Å²) in [5, 5.41) is 3.03. The van der Waals surface area contributed by atoms with Gasteiger partial charge in [0.25, 0.3) is 5.91 Å². The molecule has 0 aliphatic carbocycles. The fraction of sp³-hybridized carbons (Fsp3) is 0.286. The number of hydrogen-bond donors (Lipinski definition) is 2. The highest BCUT2D eigenvalue weighted by Gasteiger charge is 2.13. The molecule has 0 bridgehead atoms. The first-order chi connectivity index (χ1) is 10.1. The molecule has 2 aromatic heterocycles. The number of carbonyl (C=O) groups is 1. The minimum atomic E-state index is -0.366. The van der Waals surface area contributed by atoms with Crippen molar-refractivity contribution in [2.75, 3.05) is 11.9 Å². The van der Waals surface area contributed by atoms with Crippen LogP contribution in [0.5, 0.6) is 0 Å². The smallest absolute Gasteiger partial charge is 0.278 e. The monoisotopic (exact) mass is 287 g/mol. The van der Waals surface area contributed by atoms with Gasteiger partial charge in [0, 0.05) is 18.0 Å². The highest BCUT2D eigenvalue weighted by atomic mass is 16.6. The molecule has 7 heteroatoms. The third-order valence-corrected chi connectivity index (χ3v) is 2.57. The molecule has 0 aromatic carbocycles. The van der Waals surface area contributed by atoms with Crippen LogP contribution in [-0.2, 0) is 4.84 Å².